The van der Waals surface area contributed by atoms with E-state index in [-0.39, 0.29) is 17.3 Å². The van der Waals surface area contributed by atoms with Crippen molar-refractivity contribution >= 4 is 17.5 Å². The second kappa shape index (κ2) is 4.13. The van der Waals surface area contributed by atoms with Crippen molar-refractivity contribution in [2.45, 2.75) is 44.5 Å². The summed E-state index contributed by atoms with van der Waals surface area (Å²) in [6.07, 6.45) is 3.22. The fourth-order valence-corrected chi connectivity index (χ4v) is 2.23. The lowest BCUT2D eigenvalue weighted by Gasteiger charge is -2.31. The normalized spacial score (nSPS) is 36.1. The monoisotopic (exact) mass is 189 g/mol. The van der Waals surface area contributed by atoms with E-state index < -0.39 is 0 Å². The standard InChI is InChI=1S/C9H16ClNO/c1-6-3-4-9(8(10)5-6)11-7(2)12/h6,8-9H,3-5H2,1-2H3,(H,11,12)/t6?,8-,9+/m0/s1. The number of carbonyl (C=O) groups is 1. The minimum atomic E-state index is 0.0280. The molecule has 0 aromatic heterocycles. The molecule has 0 heterocycles. The molecule has 1 rings (SSSR count). The van der Waals surface area contributed by atoms with Gasteiger partial charge in [-0.3, -0.25) is 4.79 Å². The molecule has 1 unspecified atom stereocenters. The quantitative estimate of drug-likeness (QED) is 0.628. The lowest BCUT2D eigenvalue weighted by Crippen LogP contribution is -2.43. The van der Waals surface area contributed by atoms with Gasteiger partial charge in [0.05, 0.1) is 5.38 Å². The summed E-state index contributed by atoms with van der Waals surface area (Å²) < 4.78 is 0. The summed E-state index contributed by atoms with van der Waals surface area (Å²) in [5, 5.41) is 3.00. The summed E-state index contributed by atoms with van der Waals surface area (Å²) in [5.74, 6) is 0.734. The van der Waals surface area contributed by atoms with E-state index in [1.54, 1.807) is 6.92 Å². The van der Waals surface area contributed by atoms with Crippen LogP contribution in [0.1, 0.15) is 33.1 Å². The predicted octanol–water partition coefficient (Wildman–Crippen LogP) is 1.92. The van der Waals surface area contributed by atoms with Crippen LogP contribution < -0.4 is 5.32 Å². The molecule has 3 heteroatoms. The Kier molecular flexibility index (Phi) is 3.39. The van der Waals surface area contributed by atoms with Crippen molar-refractivity contribution in [2.75, 3.05) is 0 Å². The molecule has 0 saturated heterocycles. The highest BCUT2D eigenvalue weighted by atomic mass is 35.5. The predicted molar refractivity (Wildman–Crippen MR) is 50.3 cm³/mol. The molecule has 0 aromatic carbocycles. The van der Waals surface area contributed by atoms with Gasteiger partial charge in [-0.1, -0.05) is 6.92 Å². The lowest BCUT2D eigenvalue weighted by molar-refractivity contribution is -0.119. The molecule has 70 valence electrons. The fraction of sp³-hybridized carbons (Fsp3) is 0.889. The number of alkyl halides is 1. The molecule has 3 atom stereocenters. The molecule has 0 aliphatic heterocycles. The maximum atomic E-state index is 10.8. The van der Waals surface area contributed by atoms with Crippen molar-refractivity contribution < 1.29 is 4.79 Å². The molecule has 0 bridgehead atoms. The number of rotatable bonds is 1. The van der Waals surface area contributed by atoms with Crippen molar-refractivity contribution in [3.8, 4) is 0 Å². The van der Waals surface area contributed by atoms with Gasteiger partial charge >= 0.3 is 0 Å². The fourth-order valence-electron chi connectivity index (χ4n) is 1.74. The zero-order valence-electron chi connectivity index (χ0n) is 7.64. The van der Waals surface area contributed by atoms with Gasteiger partial charge in [0.2, 0.25) is 5.91 Å². The van der Waals surface area contributed by atoms with Crippen molar-refractivity contribution in [2.24, 2.45) is 5.92 Å². The molecule has 1 N–H and O–H groups in total. The third kappa shape index (κ3) is 2.67. The Balaban J connectivity index is 2.39. The highest BCUT2D eigenvalue weighted by Crippen LogP contribution is 2.27. The topological polar surface area (TPSA) is 29.1 Å². The van der Waals surface area contributed by atoms with Crippen LogP contribution in [0.5, 0.6) is 0 Å². The Morgan fingerprint density at radius 1 is 1.50 bits per heavy atom. The third-order valence-electron chi connectivity index (χ3n) is 2.42. The molecule has 0 spiro atoms. The van der Waals surface area contributed by atoms with Crippen LogP contribution >= 0.6 is 11.6 Å². The number of hydrogen-bond acceptors (Lipinski definition) is 1. The maximum Gasteiger partial charge on any atom is 0.217 e. The van der Waals surface area contributed by atoms with Crippen LogP contribution in [0.2, 0.25) is 0 Å². The Morgan fingerprint density at radius 3 is 2.67 bits per heavy atom. The molecule has 1 saturated carbocycles. The van der Waals surface area contributed by atoms with Gasteiger partial charge < -0.3 is 5.32 Å². The number of nitrogens with one attached hydrogen (secondary N) is 1. The van der Waals surface area contributed by atoms with E-state index in [0.717, 1.165) is 12.8 Å². The Labute approximate surface area is 78.7 Å². The highest BCUT2D eigenvalue weighted by molar-refractivity contribution is 6.21. The Morgan fingerprint density at radius 2 is 2.17 bits per heavy atom. The van der Waals surface area contributed by atoms with Gasteiger partial charge in [0.15, 0.2) is 0 Å². The van der Waals surface area contributed by atoms with Gasteiger partial charge in [-0.2, -0.15) is 0 Å². The number of carbonyl (C=O) groups excluding carboxylic acids is 1. The Bertz CT molecular complexity index is 172. The molecule has 1 fully saturated rings. The number of halogens is 1. The summed E-state index contributed by atoms with van der Waals surface area (Å²) in [6.45, 7) is 3.75. The molecule has 1 aliphatic rings. The first-order valence-corrected chi connectivity index (χ1v) is 4.94. The summed E-state index contributed by atoms with van der Waals surface area (Å²) in [4.78, 5) is 10.8. The van der Waals surface area contributed by atoms with E-state index in [4.69, 9.17) is 11.6 Å². The maximum absolute atomic E-state index is 10.8. The minimum absolute atomic E-state index is 0.0280. The molecular weight excluding hydrogens is 174 g/mol. The van der Waals surface area contributed by atoms with Crippen LogP contribution in [-0.4, -0.2) is 17.3 Å². The van der Waals surface area contributed by atoms with Gasteiger partial charge in [0.25, 0.3) is 0 Å². The van der Waals surface area contributed by atoms with Gasteiger partial charge in [0, 0.05) is 13.0 Å². The van der Waals surface area contributed by atoms with Gasteiger partial charge in [-0.05, 0) is 25.2 Å². The van der Waals surface area contributed by atoms with Crippen molar-refractivity contribution in [1.29, 1.82) is 0 Å². The van der Waals surface area contributed by atoms with Crippen molar-refractivity contribution in [1.82, 2.24) is 5.32 Å². The minimum Gasteiger partial charge on any atom is -0.352 e. The van der Waals surface area contributed by atoms with E-state index >= 15 is 0 Å². The zero-order valence-corrected chi connectivity index (χ0v) is 8.40. The van der Waals surface area contributed by atoms with Crippen LogP contribution in [0.4, 0.5) is 0 Å². The molecule has 2 nitrogen and oxygen atoms in total. The van der Waals surface area contributed by atoms with Crippen LogP contribution in [0.15, 0.2) is 0 Å². The molecule has 0 radical (unpaired) electrons. The van der Waals surface area contributed by atoms with Crippen LogP contribution in [-0.2, 0) is 4.79 Å². The zero-order chi connectivity index (χ0) is 9.14. The SMILES string of the molecule is CC(=O)N[C@@H]1CCC(C)C[C@@H]1Cl. The second-order valence-electron chi connectivity index (χ2n) is 3.74. The first-order chi connectivity index (χ1) is 5.59. The van der Waals surface area contributed by atoms with Gasteiger partial charge in [-0.25, -0.2) is 0 Å². The highest BCUT2D eigenvalue weighted by Gasteiger charge is 2.27. The van der Waals surface area contributed by atoms with Crippen LogP contribution in [0, 0.1) is 5.92 Å². The summed E-state index contributed by atoms with van der Waals surface area (Å²) in [7, 11) is 0. The van der Waals surface area contributed by atoms with Crippen LogP contribution in [0.25, 0.3) is 0 Å². The second-order valence-corrected chi connectivity index (χ2v) is 4.30. The summed E-state index contributed by atoms with van der Waals surface area (Å²) in [5.41, 5.74) is 0. The van der Waals surface area contributed by atoms with Gasteiger partial charge in [0.1, 0.15) is 0 Å². The van der Waals surface area contributed by atoms with Crippen molar-refractivity contribution in [3.63, 3.8) is 0 Å². The van der Waals surface area contributed by atoms with E-state index in [2.05, 4.69) is 12.2 Å². The third-order valence-corrected chi connectivity index (χ3v) is 2.91. The Hall–Kier alpha value is -0.240. The van der Waals surface area contributed by atoms with Crippen molar-refractivity contribution in [3.05, 3.63) is 0 Å². The van der Waals surface area contributed by atoms with E-state index in [1.807, 2.05) is 0 Å². The smallest absolute Gasteiger partial charge is 0.217 e. The first-order valence-electron chi connectivity index (χ1n) is 4.50. The molecule has 12 heavy (non-hydrogen) atoms. The molecule has 1 amide bonds. The average Bonchev–Trinajstić information content (AvgIpc) is 1.94. The summed E-state index contributed by atoms with van der Waals surface area (Å²) >= 11 is 6.11. The molecule has 0 aromatic rings. The molecule has 1 aliphatic carbocycles. The first kappa shape index (κ1) is 9.85. The largest absolute Gasteiger partial charge is 0.352 e. The van der Waals surface area contributed by atoms with E-state index in [0.29, 0.717) is 5.92 Å². The summed E-state index contributed by atoms with van der Waals surface area (Å²) in [6, 6.07) is 0.195. The average molecular weight is 190 g/mol. The number of amides is 1. The van der Waals surface area contributed by atoms with E-state index in [9.17, 15) is 4.79 Å². The lowest BCUT2D eigenvalue weighted by atomic mass is 9.87. The van der Waals surface area contributed by atoms with Crippen LogP contribution in [0.3, 0.4) is 0 Å². The number of hydrogen-bond donors (Lipinski definition) is 1. The van der Waals surface area contributed by atoms with Gasteiger partial charge in [-0.15, -0.1) is 11.6 Å². The van der Waals surface area contributed by atoms with E-state index in [1.165, 1.54) is 6.42 Å². The molecular formula is C9H16ClNO.